The molecule has 6 heteroatoms. The quantitative estimate of drug-likeness (QED) is 0.142. The van der Waals surface area contributed by atoms with Crippen molar-refractivity contribution in [2.24, 2.45) is 4.99 Å². The summed E-state index contributed by atoms with van der Waals surface area (Å²) < 4.78 is 3.40. The third-order valence-electron chi connectivity index (χ3n) is 6.96. The van der Waals surface area contributed by atoms with Crippen LogP contribution in [-0.2, 0) is 21.1 Å². The van der Waals surface area contributed by atoms with Gasteiger partial charge in [-0.15, -0.1) is 23.6 Å². The number of para-hydroxylation sites is 3. The fraction of sp³-hybridized carbons (Fsp3) is 0.0286. The first-order valence-corrected chi connectivity index (χ1v) is 13.9. The van der Waals surface area contributed by atoms with Crippen molar-refractivity contribution in [2.45, 2.75) is 6.92 Å². The van der Waals surface area contributed by atoms with Gasteiger partial charge in [0.2, 0.25) is 0 Å². The minimum absolute atomic E-state index is 0. The van der Waals surface area contributed by atoms with Crippen molar-refractivity contribution in [1.29, 1.82) is 0 Å². The van der Waals surface area contributed by atoms with Gasteiger partial charge < -0.3 is 5.11 Å². The zero-order valence-electron chi connectivity index (χ0n) is 22.1. The van der Waals surface area contributed by atoms with Crippen molar-refractivity contribution in [1.82, 2.24) is 9.55 Å². The molecule has 0 bridgehead atoms. The van der Waals surface area contributed by atoms with E-state index in [9.17, 15) is 5.11 Å². The van der Waals surface area contributed by atoms with E-state index in [1.165, 1.54) is 4.70 Å². The van der Waals surface area contributed by atoms with Crippen LogP contribution in [0.25, 0.3) is 48.6 Å². The van der Waals surface area contributed by atoms with Crippen LogP contribution < -0.4 is 0 Å². The normalized spacial score (nSPS) is 11.3. The van der Waals surface area contributed by atoms with Gasteiger partial charge in [0.15, 0.2) is 0 Å². The van der Waals surface area contributed by atoms with Crippen molar-refractivity contribution in [3.63, 3.8) is 0 Å². The van der Waals surface area contributed by atoms with E-state index in [0.717, 1.165) is 55.2 Å². The van der Waals surface area contributed by atoms with E-state index in [-0.39, 0.29) is 26.8 Å². The number of hydrogen-bond donors (Lipinski definition) is 1. The molecule has 0 unspecified atom stereocenters. The van der Waals surface area contributed by atoms with Gasteiger partial charge in [-0.05, 0) is 54.1 Å². The van der Waals surface area contributed by atoms with Crippen LogP contribution in [0.15, 0.2) is 120 Å². The summed E-state index contributed by atoms with van der Waals surface area (Å²) in [5.74, 6) is 1.00. The Labute approximate surface area is 256 Å². The Balaban J connectivity index is 0.00000302. The van der Waals surface area contributed by atoms with Crippen LogP contribution in [0.2, 0.25) is 0 Å². The van der Waals surface area contributed by atoms with Gasteiger partial charge in [-0.1, -0.05) is 76.7 Å². The molecule has 0 spiro atoms. The van der Waals surface area contributed by atoms with Crippen molar-refractivity contribution in [2.75, 3.05) is 0 Å². The first-order chi connectivity index (χ1) is 19.7. The number of aromatic nitrogens is 2. The number of thiophene rings is 1. The summed E-state index contributed by atoms with van der Waals surface area (Å²) in [6.45, 7) is 2.00. The molecule has 2 heterocycles. The minimum Gasteiger partial charge on any atom is -0.507 e. The number of fused-ring (bicyclic) bond motifs is 2. The van der Waals surface area contributed by atoms with Gasteiger partial charge in [-0.3, -0.25) is 9.56 Å². The molecule has 0 fully saturated rings. The molecule has 7 rings (SSSR count). The molecular formula is C35H24N3OPtS-. The minimum atomic E-state index is 0. The van der Waals surface area contributed by atoms with Gasteiger partial charge >= 0.3 is 0 Å². The summed E-state index contributed by atoms with van der Waals surface area (Å²) in [5.41, 5.74) is 7.41. The number of imidazole rings is 1. The molecule has 4 nitrogen and oxygen atoms in total. The monoisotopic (exact) mass is 729 g/mol. The fourth-order valence-electron chi connectivity index (χ4n) is 5.03. The zero-order valence-corrected chi connectivity index (χ0v) is 25.1. The van der Waals surface area contributed by atoms with Gasteiger partial charge in [0.1, 0.15) is 11.6 Å². The number of benzene rings is 5. The maximum absolute atomic E-state index is 10.4. The molecule has 0 saturated carbocycles. The van der Waals surface area contributed by atoms with E-state index in [2.05, 4.69) is 65.2 Å². The Morgan fingerprint density at radius 2 is 1.59 bits per heavy atom. The van der Waals surface area contributed by atoms with Crippen LogP contribution in [-0.4, -0.2) is 20.9 Å². The molecule has 5 aromatic carbocycles. The van der Waals surface area contributed by atoms with Gasteiger partial charge in [0, 0.05) is 44.1 Å². The van der Waals surface area contributed by atoms with E-state index in [0.29, 0.717) is 5.56 Å². The first-order valence-electron chi connectivity index (χ1n) is 13.1. The van der Waals surface area contributed by atoms with Crippen LogP contribution in [0.4, 0.5) is 5.69 Å². The number of phenolic OH excluding ortho intramolecular Hbond substituents is 1. The largest absolute Gasteiger partial charge is 0.507 e. The van der Waals surface area contributed by atoms with Crippen molar-refractivity contribution in [3.8, 4) is 33.3 Å². The predicted molar refractivity (Wildman–Crippen MR) is 166 cm³/mol. The summed E-state index contributed by atoms with van der Waals surface area (Å²) in [7, 11) is 0. The van der Waals surface area contributed by atoms with Crippen molar-refractivity contribution < 1.29 is 26.2 Å². The van der Waals surface area contributed by atoms with Crippen molar-refractivity contribution >= 4 is 44.4 Å². The summed E-state index contributed by atoms with van der Waals surface area (Å²) in [6.07, 6.45) is 1.72. The SMILES string of the molecule is Cc1ccc(O)c(C=Nc2ccccc2-c2nc3c(-c4[c-]c5ccccc5s4)cccc3n2-c2ccccc2)c1.[Pt]. The maximum Gasteiger partial charge on any atom is 0.146 e. The number of nitrogens with zero attached hydrogens (tertiary/aromatic N) is 3. The fourth-order valence-corrected chi connectivity index (χ4v) is 6.06. The van der Waals surface area contributed by atoms with E-state index in [1.54, 1.807) is 23.6 Å². The zero-order chi connectivity index (χ0) is 27.1. The Morgan fingerprint density at radius 1 is 0.829 bits per heavy atom. The number of aromatic hydroxyl groups is 1. The Hall–Kier alpha value is -4.31. The number of hydrogen-bond acceptors (Lipinski definition) is 4. The Morgan fingerprint density at radius 3 is 2.44 bits per heavy atom. The Bertz CT molecular complexity index is 2010. The second-order valence-electron chi connectivity index (χ2n) is 9.67. The van der Waals surface area contributed by atoms with Crippen LogP contribution >= 0.6 is 11.3 Å². The smallest absolute Gasteiger partial charge is 0.146 e. The topological polar surface area (TPSA) is 50.4 Å². The molecule has 2 aromatic heterocycles. The number of phenols is 1. The van der Waals surface area contributed by atoms with Gasteiger partial charge in [0.25, 0.3) is 0 Å². The average molecular weight is 730 g/mol. The molecule has 0 saturated heterocycles. The molecule has 0 aliphatic carbocycles. The molecule has 0 aliphatic rings. The van der Waals surface area contributed by atoms with Gasteiger partial charge in [-0.25, -0.2) is 16.3 Å². The molecule has 202 valence electrons. The molecule has 7 aromatic rings. The van der Waals surface area contributed by atoms with Crippen LogP contribution in [0.3, 0.4) is 0 Å². The van der Waals surface area contributed by atoms with Gasteiger partial charge in [0.05, 0.1) is 16.7 Å². The third kappa shape index (κ3) is 5.04. The van der Waals surface area contributed by atoms with Crippen molar-refractivity contribution in [3.05, 3.63) is 132 Å². The second-order valence-corrected chi connectivity index (χ2v) is 10.7. The summed E-state index contributed by atoms with van der Waals surface area (Å²) in [6, 6.07) is 42.1. The summed E-state index contributed by atoms with van der Waals surface area (Å²) >= 11 is 1.73. The molecule has 41 heavy (non-hydrogen) atoms. The maximum atomic E-state index is 10.4. The molecule has 0 amide bonds. The number of rotatable bonds is 5. The number of aliphatic imine (C=N–C) groups is 1. The number of aryl methyl sites for hydroxylation is 1. The Kier molecular flexibility index (Phi) is 7.40. The molecule has 0 aliphatic heterocycles. The average Bonchev–Trinajstić information content (AvgIpc) is 3.60. The second kappa shape index (κ2) is 11.3. The molecule has 1 N–H and O–H groups in total. The summed E-state index contributed by atoms with van der Waals surface area (Å²) in [4.78, 5) is 11.2. The first kappa shape index (κ1) is 26.9. The predicted octanol–water partition coefficient (Wildman–Crippen LogP) is 9.14. The molecular weight excluding hydrogens is 706 g/mol. The van der Waals surface area contributed by atoms with Crippen LogP contribution in [0.1, 0.15) is 11.1 Å². The van der Waals surface area contributed by atoms with E-state index in [4.69, 9.17) is 9.98 Å². The summed E-state index contributed by atoms with van der Waals surface area (Å²) in [5, 5.41) is 11.5. The standard InChI is InChI=1S/C35H24N3OS.Pt/c1-23-18-19-31(39)25(20-23)22-36-29-15-7-6-13-27(29)35-37-34-28(33-21-24-10-5-8-17-32(24)40-33)14-9-16-30(34)38(35)26-11-3-2-4-12-26;/h2-20,22,39H,1H3;/q-1;. The van der Waals surface area contributed by atoms with Gasteiger partial charge in [-0.2, -0.15) is 0 Å². The third-order valence-corrected chi connectivity index (χ3v) is 8.06. The van der Waals surface area contributed by atoms with E-state index >= 15 is 0 Å². The molecule has 0 radical (unpaired) electrons. The molecule has 0 atom stereocenters. The van der Waals surface area contributed by atoms with Crippen LogP contribution in [0.5, 0.6) is 5.75 Å². The van der Waals surface area contributed by atoms with Crippen LogP contribution in [0, 0.1) is 13.0 Å². The van der Waals surface area contributed by atoms with E-state index in [1.807, 2.05) is 61.5 Å². The van der Waals surface area contributed by atoms with E-state index < -0.39 is 0 Å².